The third-order valence-electron chi connectivity index (χ3n) is 4.33. The number of carbonyl (C=O) groups is 2. The van der Waals surface area contributed by atoms with Crippen molar-refractivity contribution in [3.8, 4) is 0 Å². The molecule has 0 aliphatic carbocycles. The van der Waals surface area contributed by atoms with E-state index in [1.807, 2.05) is 0 Å². The second-order valence-electron chi connectivity index (χ2n) is 6.01. The van der Waals surface area contributed by atoms with Gasteiger partial charge in [0, 0.05) is 23.3 Å². The van der Waals surface area contributed by atoms with Gasteiger partial charge in [0.2, 0.25) is 5.91 Å². The molecule has 5 nitrogen and oxygen atoms in total. The third kappa shape index (κ3) is 3.93. The highest BCUT2D eigenvalue weighted by molar-refractivity contribution is 5.97. The normalized spacial score (nSPS) is 22.3. The van der Waals surface area contributed by atoms with Crippen LogP contribution in [0.3, 0.4) is 0 Å². The Morgan fingerprint density at radius 1 is 1.41 bits per heavy atom. The fourth-order valence-corrected chi connectivity index (χ4v) is 2.61. The maximum absolute atomic E-state index is 12.3. The fourth-order valence-electron chi connectivity index (χ4n) is 2.61. The zero-order valence-corrected chi connectivity index (χ0v) is 13.5. The first-order valence-electron chi connectivity index (χ1n) is 7.68. The van der Waals surface area contributed by atoms with Gasteiger partial charge in [0.1, 0.15) is 0 Å². The second kappa shape index (κ2) is 7.03. The molecule has 5 heteroatoms. The predicted molar refractivity (Wildman–Crippen MR) is 86.2 cm³/mol. The lowest BCUT2D eigenvalue weighted by Gasteiger charge is -2.43. The van der Waals surface area contributed by atoms with Crippen LogP contribution in [0, 0.1) is 0 Å². The standard InChI is InChI=1S/C17H24N2O3/c1-4-17(3)12-22-9-8-19(17)11-16(21)18-15-7-5-6-14(10-15)13(2)20/h5-7,10H,4,8-9,11-12H2,1-3H3,(H,18,21)/t17-/m0/s1. The quantitative estimate of drug-likeness (QED) is 0.848. The molecule has 1 heterocycles. The highest BCUT2D eigenvalue weighted by Gasteiger charge is 2.34. The molecule has 2 rings (SSSR count). The molecule has 120 valence electrons. The number of ether oxygens (including phenoxy) is 1. The van der Waals surface area contributed by atoms with Crippen LogP contribution in [0.1, 0.15) is 37.6 Å². The predicted octanol–water partition coefficient (Wildman–Crippen LogP) is 2.33. The summed E-state index contributed by atoms with van der Waals surface area (Å²) in [4.78, 5) is 25.8. The Labute approximate surface area is 131 Å². The molecule has 1 aliphatic rings. The molecule has 0 bridgehead atoms. The van der Waals surface area contributed by atoms with Crippen molar-refractivity contribution in [2.24, 2.45) is 0 Å². The summed E-state index contributed by atoms with van der Waals surface area (Å²) >= 11 is 0. The van der Waals surface area contributed by atoms with E-state index in [0.717, 1.165) is 13.0 Å². The summed E-state index contributed by atoms with van der Waals surface area (Å²) in [5, 5.41) is 2.87. The summed E-state index contributed by atoms with van der Waals surface area (Å²) < 4.78 is 5.54. The topological polar surface area (TPSA) is 58.6 Å². The Balaban J connectivity index is 2.00. The van der Waals surface area contributed by atoms with E-state index in [1.54, 1.807) is 24.3 Å². The number of benzene rings is 1. The first-order chi connectivity index (χ1) is 10.4. The first-order valence-corrected chi connectivity index (χ1v) is 7.68. The lowest BCUT2D eigenvalue weighted by atomic mass is 9.96. The van der Waals surface area contributed by atoms with Gasteiger partial charge in [0.15, 0.2) is 5.78 Å². The highest BCUT2D eigenvalue weighted by atomic mass is 16.5. The Kier molecular flexibility index (Phi) is 5.32. The van der Waals surface area contributed by atoms with Crippen molar-refractivity contribution >= 4 is 17.4 Å². The summed E-state index contributed by atoms with van der Waals surface area (Å²) in [6, 6.07) is 7.02. The largest absolute Gasteiger partial charge is 0.378 e. The molecule has 1 fully saturated rings. The number of amides is 1. The molecule has 1 N–H and O–H groups in total. The molecular formula is C17H24N2O3. The van der Waals surface area contributed by atoms with Crippen LogP contribution in [0.5, 0.6) is 0 Å². The third-order valence-corrected chi connectivity index (χ3v) is 4.33. The maximum atomic E-state index is 12.3. The molecule has 0 spiro atoms. The Hall–Kier alpha value is -1.72. The van der Waals surface area contributed by atoms with Gasteiger partial charge in [-0.05, 0) is 32.4 Å². The number of hydrogen-bond donors (Lipinski definition) is 1. The van der Waals surface area contributed by atoms with Crippen molar-refractivity contribution in [2.45, 2.75) is 32.7 Å². The molecule has 0 aromatic heterocycles. The minimum atomic E-state index is -0.100. The molecule has 22 heavy (non-hydrogen) atoms. The van der Waals surface area contributed by atoms with Gasteiger partial charge in [-0.2, -0.15) is 0 Å². The van der Waals surface area contributed by atoms with Gasteiger partial charge in [0.05, 0.1) is 19.8 Å². The van der Waals surface area contributed by atoms with E-state index in [4.69, 9.17) is 4.74 Å². The van der Waals surface area contributed by atoms with E-state index < -0.39 is 0 Å². The van der Waals surface area contributed by atoms with Crippen LogP contribution in [0.4, 0.5) is 5.69 Å². The van der Waals surface area contributed by atoms with Crippen molar-refractivity contribution < 1.29 is 14.3 Å². The van der Waals surface area contributed by atoms with E-state index in [-0.39, 0.29) is 17.2 Å². The average Bonchev–Trinajstić information content (AvgIpc) is 2.50. The summed E-state index contributed by atoms with van der Waals surface area (Å²) in [7, 11) is 0. The van der Waals surface area contributed by atoms with Gasteiger partial charge in [-0.1, -0.05) is 19.1 Å². The minimum absolute atomic E-state index is 0.0113. The van der Waals surface area contributed by atoms with Gasteiger partial charge < -0.3 is 10.1 Å². The van der Waals surface area contributed by atoms with E-state index in [2.05, 4.69) is 24.1 Å². The Morgan fingerprint density at radius 3 is 2.86 bits per heavy atom. The first kappa shape index (κ1) is 16.6. The zero-order valence-electron chi connectivity index (χ0n) is 13.5. The number of morpholine rings is 1. The van der Waals surface area contributed by atoms with Crippen LogP contribution in [-0.2, 0) is 9.53 Å². The highest BCUT2D eigenvalue weighted by Crippen LogP contribution is 2.23. The average molecular weight is 304 g/mol. The van der Waals surface area contributed by atoms with Crippen LogP contribution < -0.4 is 5.32 Å². The molecule has 1 aromatic carbocycles. The zero-order chi connectivity index (χ0) is 16.2. The summed E-state index contributed by atoms with van der Waals surface area (Å²) in [5.41, 5.74) is 1.16. The lowest BCUT2D eigenvalue weighted by Crippen LogP contribution is -2.56. The number of carbonyl (C=O) groups excluding carboxylic acids is 2. The Morgan fingerprint density at radius 2 is 2.18 bits per heavy atom. The minimum Gasteiger partial charge on any atom is -0.378 e. The monoisotopic (exact) mass is 304 g/mol. The van der Waals surface area contributed by atoms with Crippen molar-refractivity contribution in [1.29, 1.82) is 0 Å². The number of Topliss-reactive ketones (excluding diaryl/α,β-unsaturated/α-hetero) is 1. The molecule has 0 saturated carbocycles. The molecular weight excluding hydrogens is 280 g/mol. The molecule has 1 aromatic rings. The summed E-state index contributed by atoms with van der Waals surface area (Å²) in [5.74, 6) is -0.0786. The van der Waals surface area contributed by atoms with Gasteiger partial charge in [0.25, 0.3) is 0 Å². The number of nitrogens with zero attached hydrogens (tertiary/aromatic N) is 1. The van der Waals surface area contributed by atoms with E-state index in [1.165, 1.54) is 6.92 Å². The molecule has 1 atom stereocenters. The molecule has 1 amide bonds. The van der Waals surface area contributed by atoms with E-state index in [0.29, 0.717) is 31.0 Å². The van der Waals surface area contributed by atoms with Crippen LogP contribution in [0.15, 0.2) is 24.3 Å². The summed E-state index contributed by atoms with van der Waals surface area (Å²) in [6.07, 6.45) is 0.931. The molecule has 0 unspecified atom stereocenters. The SMILES string of the molecule is CC[C@@]1(C)COCCN1CC(=O)Nc1cccc(C(C)=O)c1. The van der Waals surface area contributed by atoms with Gasteiger partial charge >= 0.3 is 0 Å². The fraction of sp³-hybridized carbons (Fsp3) is 0.529. The molecule has 1 aliphatic heterocycles. The van der Waals surface area contributed by atoms with E-state index in [9.17, 15) is 9.59 Å². The number of rotatable bonds is 5. The van der Waals surface area contributed by atoms with Crippen LogP contribution in [0.2, 0.25) is 0 Å². The number of ketones is 1. The van der Waals surface area contributed by atoms with Crippen molar-refractivity contribution in [3.05, 3.63) is 29.8 Å². The van der Waals surface area contributed by atoms with Crippen LogP contribution in [-0.4, -0.2) is 48.4 Å². The molecule has 1 saturated heterocycles. The number of nitrogens with one attached hydrogen (secondary N) is 1. The number of anilines is 1. The van der Waals surface area contributed by atoms with Crippen molar-refractivity contribution in [2.75, 3.05) is 31.6 Å². The summed E-state index contributed by atoms with van der Waals surface area (Å²) in [6.45, 7) is 8.13. The van der Waals surface area contributed by atoms with E-state index >= 15 is 0 Å². The van der Waals surface area contributed by atoms with Crippen molar-refractivity contribution in [1.82, 2.24) is 4.90 Å². The van der Waals surface area contributed by atoms with Gasteiger partial charge in [-0.15, -0.1) is 0 Å². The Bertz CT molecular complexity index is 559. The maximum Gasteiger partial charge on any atom is 0.238 e. The molecule has 0 radical (unpaired) electrons. The lowest BCUT2D eigenvalue weighted by molar-refractivity contribution is -0.123. The van der Waals surface area contributed by atoms with Gasteiger partial charge in [-0.25, -0.2) is 0 Å². The van der Waals surface area contributed by atoms with Gasteiger partial charge in [-0.3, -0.25) is 14.5 Å². The second-order valence-corrected chi connectivity index (χ2v) is 6.01. The van der Waals surface area contributed by atoms with Crippen LogP contribution in [0.25, 0.3) is 0 Å². The number of hydrogen-bond acceptors (Lipinski definition) is 4. The van der Waals surface area contributed by atoms with Crippen molar-refractivity contribution in [3.63, 3.8) is 0 Å². The smallest absolute Gasteiger partial charge is 0.238 e. The van der Waals surface area contributed by atoms with Crippen LogP contribution >= 0.6 is 0 Å².